The molecule has 0 aromatic heterocycles. The number of thiocarbonyl (C=S) groups is 1. The Labute approximate surface area is 167 Å². The van der Waals surface area contributed by atoms with Crippen LogP contribution < -0.4 is 5.32 Å². The van der Waals surface area contributed by atoms with E-state index >= 15 is 0 Å². The number of carbonyl (C=O) groups excluding carboxylic acids is 1. The van der Waals surface area contributed by atoms with E-state index in [1.807, 2.05) is 24.3 Å². The summed E-state index contributed by atoms with van der Waals surface area (Å²) in [6.45, 7) is 3.51. The lowest BCUT2D eigenvalue weighted by Crippen LogP contribution is -2.37. The molecule has 1 amide bonds. The zero-order valence-electron chi connectivity index (χ0n) is 15.9. The van der Waals surface area contributed by atoms with Gasteiger partial charge in [0.1, 0.15) is 5.70 Å². The second-order valence-corrected chi connectivity index (χ2v) is 7.51. The molecule has 2 heterocycles. The van der Waals surface area contributed by atoms with Crippen LogP contribution in [0.5, 0.6) is 0 Å². The Hall–Kier alpha value is -1.98. The molecule has 1 N–H and O–H groups in total. The molecule has 1 aromatic rings. The van der Waals surface area contributed by atoms with Crippen molar-refractivity contribution in [3.63, 3.8) is 0 Å². The van der Waals surface area contributed by atoms with Crippen LogP contribution in [-0.2, 0) is 9.53 Å². The fourth-order valence-electron chi connectivity index (χ4n) is 3.44. The third-order valence-electron chi connectivity index (χ3n) is 4.92. The number of hydrogen-bond donors (Lipinski definition) is 1. The number of benzene rings is 1. The monoisotopic (exact) mass is 384 g/mol. The molecule has 0 aliphatic carbocycles. The van der Waals surface area contributed by atoms with Gasteiger partial charge in [0.25, 0.3) is 5.91 Å². The van der Waals surface area contributed by atoms with Crippen molar-refractivity contribution in [3.8, 4) is 0 Å². The number of hydrogen-bond acceptors (Lipinski definition) is 3. The van der Waals surface area contributed by atoms with Gasteiger partial charge in [-0.15, -0.1) is 0 Å². The minimum absolute atomic E-state index is 0.0510. The van der Waals surface area contributed by atoms with Crippen LogP contribution in [0.25, 0.3) is 6.08 Å². The number of ether oxygens (including phenoxy) is 1. The second kappa shape index (κ2) is 9.81. The summed E-state index contributed by atoms with van der Waals surface area (Å²) in [7, 11) is 0. The third kappa shape index (κ3) is 5.50. The van der Waals surface area contributed by atoms with E-state index in [2.05, 4.69) is 30.4 Å². The summed E-state index contributed by atoms with van der Waals surface area (Å²) in [5.41, 5.74) is 2.86. The molecular formula is C22H28N2O2S. The van der Waals surface area contributed by atoms with Gasteiger partial charge in [-0.2, -0.15) is 0 Å². The van der Waals surface area contributed by atoms with E-state index in [1.54, 1.807) is 4.90 Å². The Morgan fingerprint density at radius 2 is 2.15 bits per heavy atom. The molecule has 0 saturated carbocycles. The minimum Gasteiger partial charge on any atom is -0.376 e. The number of unbranched alkanes of at least 4 members (excludes halogenated alkanes) is 2. The third-order valence-corrected chi connectivity index (χ3v) is 5.25. The van der Waals surface area contributed by atoms with Gasteiger partial charge >= 0.3 is 0 Å². The van der Waals surface area contributed by atoms with Crippen molar-refractivity contribution >= 4 is 29.3 Å². The molecule has 27 heavy (non-hydrogen) atoms. The molecule has 0 radical (unpaired) electrons. The minimum atomic E-state index is -0.0510. The topological polar surface area (TPSA) is 41.6 Å². The molecule has 1 unspecified atom stereocenters. The van der Waals surface area contributed by atoms with Crippen LogP contribution in [0, 0.1) is 0 Å². The Kier molecular flexibility index (Phi) is 7.18. The van der Waals surface area contributed by atoms with E-state index in [1.165, 1.54) is 12.8 Å². The summed E-state index contributed by atoms with van der Waals surface area (Å²) >= 11 is 5.40. The van der Waals surface area contributed by atoms with Crippen LogP contribution in [0.4, 0.5) is 0 Å². The number of carbonyl (C=O) groups is 1. The Bertz CT molecular complexity index is 721. The molecule has 4 nitrogen and oxygen atoms in total. The zero-order chi connectivity index (χ0) is 19.1. The van der Waals surface area contributed by atoms with Crippen molar-refractivity contribution in [3.05, 3.63) is 53.2 Å². The molecule has 0 bridgehead atoms. The Balaban J connectivity index is 1.76. The molecule has 2 fully saturated rings. The maximum atomic E-state index is 12.8. The average Bonchev–Trinajstić information content (AvgIpc) is 3.27. The SMILES string of the molecule is CCCCCC(=C/c1ccccc1)/C=C1/NC(=S)N(CC2CCCO2)C1=O. The first-order valence-corrected chi connectivity index (χ1v) is 10.3. The fourth-order valence-corrected chi connectivity index (χ4v) is 3.71. The predicted octanol–water partition coefficient (Wildman–Crippen LogP) is 4.43. The van der Waals surface area contributed by atoms with Crippen molar-refractivity contribution in [2.45, 2.75) is 51.6 Å². The molecule has 1 aromatic carbocycles. The molecule has 2 aliphatic rings. The molecule has 3 rings (SSSR count). The lowest BCUT2D eigenvalue weighted by molar-refractivity contribution is -0.123. The van der Waals surface area contributed by atoms with Crippen LogP contribution >= 0.6 is 12.2 Å². The lowest BCUT2D eigenvalue weighted by atomic mass is 10.0. The van der Waals surface area contributed by atoms with Crippen LogP contribution in [0.2, 0.25) is 0 Å². The number of rotatable bonds is 8. The fraction of sp³-hybridized carbons (Fsp3) is 0.455. The average molecular weight is 385 g/mol. The van der Waals surface area contributed by atoms with E-state index in [4.69, 9.17) is 17.0 Å². The van der Waals surface area contributed by atoms with Gasteiger partial charge in [0.2, 0.25) is 0 Å². The lowest BCUT2D eigenvalue weighted by Gasteiger charge is -2.18. The van der Waals surface area contributed by atoms with Crippen LogP contribution in [0.3, 0.4) is 0 Å². The van der Waals surface area contributed by atoms with Gasteiger partial charge in [0, 0.05) is 6.61 Å². The van der Waals surface area contributed by atoms with Gasteiger partial charge in [-0.3, -0.25) is 9.69 Å². The van der Waals surface area contributed by atoms with Gasteiger partial charge in [-0.1, -0.05) is 56.2 Å². The number of nitrogens with one attached hydrogen (secondary N) is 1. The smallest absolute Gasteiger partial charge is 0.276 e. The summed E-state index contributed by atoms with van der Waals surface area (Å²) in [4.78, 5) is 14.5. The highest BCUT2D eigenvalue weighted by molar-refractivity contribution is 7.80. The van der Waals surface area contributed by atoms with Crippen LogP contribution in [0.1, 0.15) is 51.0 Å². The van der Waals surface area contributed by atoms with E-state index in [9.17, 15) is 4.79 Å². The highest BCUT2D eigenvalue weighted by atomic mass is 32.1. The highest BCUT2D eigenvalue weighted by Crippen LogP contribution is 2.21. The maximum Gasteiger partial charge on any atom is 0.276 e. The van der Waals surface area contributed by atoms with Crippen molar-refractivity contribution < 1.29 is 9.53 Å². The summed E-state index contributed by atoms with van der Waals surface area (Å²) in [6, 6.07) is 10.2. The van der Waals surface area contributed by atoms with Crippen LogP contribution in [0.15, 0.2) is 47.7 Å². The van der Waals surface area contributed by atoms with E-state index < -0.39 is 0 Å². The summed E-state index contributed by atoms with van der Waals surface area (Å²) in [6.07, 6.45) is 10.7. The molecule has 5 heteroatoms. The predicted molar refractivity (Wildman–Crippen MR) is 113 cm³/mol. The van der Waals surface area contributed by atoms with Gasteiger partial charge < -0.3 is 10.1 Å². The first-order chi connectivity index (χ1) is 13.2. The van der Waals surface area contributed by atoms with Crippen molar-refractivity contribution in [2.24, 2.45) is 0 Å². The summed E-state index contributed by atoms with van der Waals surface area (Å²) in [5.74, 6) is -0.0510. The van der Waals surface area contributed by atoms with Crippen molar-refractivity contribution in [1.82, 2.24) is 10.2 Å². The molecule has 144 valence electrons. The first-order valence-electron chi connectivity index (χ1n) is 9.89. The standard InChI is InChI=1S/C22H28N2O2S/c1-2-3-5-11-18(14-17-9-6-4-7-10-17)15-20-21(25)24(22(27)23-20)16-19-12-8-13-26-19/h4,6-7,9-10,14-15,19H,2-3,5,8,11-13,16H2,1H3,(H,23,27)/b18-14-,20-15+. The highest BCUT2D eigenvalue weighted by Gasteiger charge is 2.33. The zero-order valence-corrected chi connectivity index (χ0v) is 16.8. The number of nitrogens with zero attached hydrogens (tertiary/aromatic N) is 1. The number of amides is 1. The van der Waals surface area contributed by atoms with Gasteiger partial charge in [0.15, 0.2) is 5.11 Å². The quantitative estimate of drug-likeness (QED) is 0.409. The van der Waals surface area contributed by atoms with Crippen molar-refractivity contribution in [1.29, 1.82) is 0 Å². The molecule has 2 saturated heterocycles. The van der Waals surface area contributed by atoms with Crippen molar-refractivity contribution in [2.75, 3.05) is 13.2 Å². The normalized spacial score (nSPS) is 22.0. The Morgan fingerprint density at radius 1 is 1.33 bits per heavy atom. The molecular weight excluding hydrogens is 356 g/mol. The van der Waals surface area contributed by atoms with Gasteiger partial charge in [-0.05, 0) is 55.1 Å². The van der Waals surface area contributed by atoms with E-state index in [0.29, 0.717) is 17.4 Å². The van der Waals surface area contributed by atoms with Gasteiger partial charge in [0.05, 0.1) is 12.6 Å². The first kappa shape index (κ1) is 19.8. The Morgan fingerprint density at radius 3 is 2.85 bits per heavy atom. The molecule has 1 atom stereocenters. The second-order valence-electron chi connectivity index (χ2n) is 7.13. The molecule has 2 aliphatic heterocycles. The summed E-state index contributed by atoms with van der Waals surface area (Å²) < 4.78 is 5.66. The van der Waals surface area contributed by atoms with E-state index in [-0.39, 0.29) is 12.0 Å². The number of allylic oxidation sites excluding steroid dienone is 2. The molecule has 0 spiro atoms. The largest absolute Gasteiger partial charge is 0.376 e. The maximum absolute atomic E-state index is 12.8. The van der Waals surface area contributed by atoms with Crippen LogP contribution in [-0.4, -0.2) is 35.2 Å². The van der Waals surface area contributed by atoms with Gasteiger partial charge in [-0.25, -0.2) is 0 Å². The van der Waals surface area contributed by atoms with E-state index in [0.717, 1.165) is 43.4 Å². The summed E-state index contributed by atoms with van der Waals surface area (Å²) in [5, 5.41) is 3.59.